The van der Waals surface area contributed by atoms with Gasteiger partial charge < -0.3 is 0 Å². The molecule has 0 aliphatic heterocycles. The molecule has 0 saturated carbocycles. The fraction of sp³-hybridized carbons (Fsp3) is 0.750. The van der Waals surface area contributed by atoms with Crippen molar-refractivity contribution in [1.29, 1.82) is 0 Å². The van der Waals surface area contributed by atoms with Crippen molar-refractivity contribution in [2.75, 3.05) is 0 Å². The average molecular weight is 318 g/mol. The summed E-state index contributed by atoms with van der Waals surface area (Å²) in [6, 6.07) is 0. The number of halogens is 1. The highest BCUT2D eigenvalue weighted by atomic mass is 79.9. The van der Waals surface area contributed by atoms with Crippen molar-refractivity contribution in [3.63, 3.8) is 0 Å². The lowest BCUT2D eigenvalue weighted by molar-refractivity contribution is -0.386. The van der Waals surface area contributed by atoms with E-state index in [1.54, 1.807) is 11.7 Å². The van der Waals surface area contributed by atoms with Gasteiger partial charge >= 0.3 is 5.69 Å². The smallest absolute Gasteiger partial charge is 0.265 e. The number of aromatic nitrogens is 2. The van der Waals surface area contributed by atoms with E-state index in [1.165, 1.54) is 0 Å². The van der Waals surface area contributed by atoms with Crippen molar-refractivity contribution >= 4 is 21.6 Å². The van der Waals surface area contributed by atoms with Crippen molar-refractivity contribution < 1.29 is 4.92 Å². The van der Waals surface area contributed by atoms with Crippen LogP contribution in [-0.2, 0) is 13.5 Å². The lowest BCUT2D eigenvalue weighted by Gasteiger charge is -2.13. The molecule has 18 heavy (non-hydrogen) atoms. The zero-order valence-electron chi connectivity index (χ0n) is 11.5. The van der Waals surface area contributed by atoms with Crippen LogP contribution in [0.25, 0.3) is 0 Å². The molecule has 0 aliphatic carbocycles. The van der Waals surface area contributed by atoms with Gasteiger partial charge in [-0.1, -0.05) is 43.6 Å². The van der Waals surface area contributed by atoms with Crippen LogP contribution >= 0.6 is 15.9 Å². The molecule has 1 aromatic rings. The lowest BCUT2D eigenvalue weighted by atomic mass is 10.0. The molecule has 0 spiro atoms. The summed E-state index contributed by atoms with van der Waals surface area (Å²) in [6.07, 6.45) is 0.615. The van der Waals surface area contributed by atoms with Crippen LogP contribution in [0.4, 0.5) is 5.69 Å². The molecule has 0 aliphatic rings. The molecule has 6 heteroatoms. The number of hydrogen-bond acceptors (Lipinski definition) is 3. The van der Waals surface area contributed by atoms with Gasteiger partial charge in [0.25, 0.3) is 0 Å². The maximum Gasteiger partial charge on any atom is 0.313 e. The fourth-order valence-corrected chi connectivity index (χ4v) is 2.11. The van der Waals surface area contributed by atoms with Gasteiger partial charge in [-0.15, -0.1) is 0 Å². The Bertz CT molecular complexity index is 441. The number of alkyl halides is 1. The first kappa shape index (κ1) is 15.1. The zero-order valence-corrected chi connectivity index (χ0v) is 13.1. The van der Waals surface area contributed by atoms with Crippen LogP contribution in [0.1, 0.15) is 45.0 Å². The van der Waals surface area contributed by atoms with E-state index in [9.17, 15) is 10.1 Å². The van der Waals surface area contributed by atoms with Crippen molar-refractivity contribution in [3.8, 4) is 0 Å². The average Bonchev–Trinajstić information content (AvgIpc) is 2.56. The van der Waals surface area contributed by atoms with E-state index in [4.69, 9.17) is 0 Å². The zero-order chi connectivity index (χ0) is 14.0. The van der Waals surface area contributed by atoms with Crippen molar-refractivity contribution in [2.45, 2.75) is 44.9 Å². The third-order valence-corrected chi connectivity index (χ3v) is 4.39. The summed E-state index contributed by atoms with van der Waals surface area (Å²) >= 11 is 3.58. The summed E-state index contributed by atoms with van der Waals surface area (Å²) in [5, 5.41) is 15.5. The number of nitrogens with zero attached hydrogens (tertiary/aromatic N) is 3. The monoisotopic (exact) mass is 317 g/mol. The molecule has 0 aromatic carbocycles. The highest BCUT2D eigenvalue weighted by Gasteiger charge is 2.29. The molecular weight excluding hydrogens is 298 g/mol. The fourth-order valence-electron chi connectivity index (χ4n) is 1.81. The maximum atomic E-state index is 11.2. The van der Waals surface area contributed by atoms with Crippen LogP contribution in [-0.4, -0.2) is 19.5 Å². The Morgan fingerprint density at radius 2 is 1.94 bits per heavy atom. The van der Waals surface area contributed by atoms with Crippen LogP contribution < -0.4 is 0 Å². The topological polar surface area (TPSA) is 61.0 Å². The summed E-state index contributed by atoms with van der Waals surface area (Å²) < 4.78 is 1.64. The molecule has 5 nitrogen and oxygen atoms in total. The number of rotatable bonds is 5. The molecule has 0 radical (unpaired) electrons. The SMILES string of the molecule is CC(C)c1nn(C)c(CC(Br)C(C)C)c1[N+](=O)[O-]. The van der Waals surface area contributed by atoms with Gasteiger partial charge in [-0.3, -0.25) is 14.8 Å². The van der Waals surface area contributed by atoms with Gasteiger partial charge in [0.15, 0.2) is 0 Å². The third kappa shape index (κ3) is 3.10. The molecule has 1 rings (SSSR count). The maximum absolute atomic E-state index is 11.2. The summed E-state index contributed by atoms with van der Waals surface area (Å²) in [6.45, 7) is 8.02. The third-order valence-electron chi connectivity index (χ3n) is 3.01. The van der Waals surface area contributed by atoms with E-state index in [0.29, 0.717) is 23.7 Å². The van der Waals surface area contributed by atoms with E-state index in [-0.39, 0.29) is 21.4 Å². The molecule has 0 amide bonds. The molecular formula is C12H20BrN3O2. The van der Waals surface area contributed by atoms with E-state index >= 15 is 0 Å². The van der Waals surface area contributed by atoms with Gasteiger partial charge in [0.2, 0.25) is 0 Å². The molecule has 1 heterocycles. The molecule has 0 saturated heterocycles. The largest absolute Gasteiger partial charge is 0.313 e. The van der Waals surface area contributed by atoms with Gasteiger partial charge in [0, 0.05) is 24.2 Å². The summed E-state index contributed by atoms with van der Waals surface area (Å²) in [5.74, 6) is 0.472. The first-order valence-electron chi connectivity index (χ1n) is 6.09. The number of nitro groups is 1. The van der Waals surface area contributed by atoms with E-state index < -0.39 is 0 Å². The van der Waals surface area contributed by atoms with Gasteiger partial charge in [-0.05, 0) is 5.92 Å². The molecule has 0 N–H and O–H groups in total. The standard InChI is InChI=1S/C12H20BrN3O2/c1-7(2)9(13)6-10-12(16(17)18)11(8(3)4)14-15(10)5/h7-9H,6H2,1-5H3. The number of hydrogen-bond donors (Lipinski definition) is 0. The summed E-state index contributed by atoms with van der Waals surface area (Å²) in [5.41, 5.74) is 1.44. The normalized spacial score (nSPS) is 13.3. The highest BCUT2D eigenvalue weighted by molar-refractivity contribution is 9.09. The minimum absolute atomic E-state index is 0.0539. The van der Waals surface area contributed by atoms with Crippen LogP contribution in [0.5, 0.6) is 0 Å². The Morgan fingerprint density at radius 3 is 2.33 bits per heavy atom. The van der Waals surface area contributed by atoms with E-state index in [0.717, 1.165) is 0 Å². The minimum Gasteiger partial charge on any atom is -0.265 e. The van der Waals surface area contributed by atoms with Gasteiger partial charge in [-0.25, -0.2) is 0 Å². The van der Waals surface area contributed by atoms with Crippen LogP contribution in [0, 0.1) is 16.0 Å². The van der Waals surface area contributed by atoms with Crippen molar-refractivity contribution in [1.82, 2.24) is 9.78 Å². The predicted molar refractivity (Wildman–Crippen MR) is 75.2 cm³/mol. The van der Waals surface area contributed by atoms with Gasteiger partial charge in [0.05, 0.1) is 4.92 Å². The Kier molecular flexibility index (Phi) is 4.90. The van der Waals surface area contributed by atoms with E-state index in [2.05, 4.69) is 34.9 Å². The summed E-state index contributed by atoms with van der Waals surface area (Å²) in [4.78, 5) is 11.2. The quantitative estimate of drug-likeness (QED) is 0.475. The molecule has 1 unspecified atom stereocenters. The second kappa shape index (κ2) is 5.82. The van der Waals surface area contributed by atoms with Gasteiger partial charge in [-0.2, -0.15) is 5.10 Å². The first-order chi connectivity index (χ1) is 8.25. The molecule has 102 valence electrons. The second-order valence-electron chi connectivity index (χ2n) is 5.18. The highest BCUT2D eigenvalue weighted by Crippen LogP contribution is 2.31. The Balaban J connectivity index is 3.22. The minimum atomic E-state index is -0.308. The van der Waals surface area contributed by atoms with Crippen LogP contribution in [0.2, 0.25) is 0 Å². The van der Waals surface area contributed by atoms with Crippen molar-refractivity contribution in [3.05, 3.63) is 21.5 Å². The predicted octanol–water partition coefficient (Wildman–Crippen LogP) is 3.41. The Labute approximate surface area is 116 Å². The number of aryl methyl sites for hydroxylation is 1. The molecule has 0 bridgehead atoms. The summed E-state index contributed by atoms with van der Waals surface area (Å²) in [7, 11) is 1.77. The lowest BCUT2D eigenvalue weighted by Crippen LogP contribution is -2.14. The Hall–Kier alpha value is -0.910. The van der Waals surface area contributed by atoms with Crippen LogP contribution in [0.15, 0.2) is 0 Å². The van der Waals surface area contributed by atoms with Gasteiger partial charge in [0.1, 0.15) is 11.4 Å². The molecule has 1 atom stereocenters. The molecule has 0 fully saturated rings. The van der Waals surface area contributed by atoms with E-state index in [1.807, 2.05) is 13.8 Å². The van der Waals surface area contributed by atoms with Crippen molar-refractivity contribution in [2.24, 2.45) is 13.0 Å². The first-order valence-corrected chi connectivity index (χ1v) is 7.01. The second-order valence-corrected chi connectivity index (χ2v) is 6.36. The molecule has 1 aromatic heterocycles. The van der Waals surface area contributed by atoms with Crippen LogP contribution in [0.3, 0.4) is 0 Å². The Morgan fingerprint density at radius 1 is 1.39 bits per heavy atom.